The molecule has 1 saturated heterocycles. The van der Waals surface area contributed by atoms with Gasteiger partial charge in [-0.05, 0) is 56.2 Å². The Morgan fingerprint density at radius 1 is 1.15 bits per heavy atom. The highest BCUT2D eigenvalue weighted by Crippen LogP contribution is 2.50. The third kappa shape index (κ3) is 7.68. The molecule has 4 heterocycles. The maximum absolute atomic E-state index is 16.4. The molecule has 1 saturated carbocycles. The van der Waals surface area contributed by atoms with Gasteiger partial charge in [0.15, 0.2) is 5.78 Å². The van der Waals surface area contributed by atoms with Crippen LogP contribution in [0.15, 0.2) is 42.9 Å². The molecule has 1 N–H and O–H groups in total. The number of amides is 2. The first-order valence-electron chi connectivity index (χ1n) is 18.3. The van der Waals surface area contributed by atoms with E-state index >= 15 is 8.78 Å². The topological polar surface area (TPSA) is 133 Å². The van der Waals surface area contributed by atoms with E-state index in [-0.39, 0.29) is 36.1 Å². The number of carbonyl (C=O) groups is 3. The molecule has 13 heteroatoms. The number of ketones is 1. The Balaban J connectivity index is 1.44. The van der Waals surface area contributed by atoms with Gasteiger partial charge in [0.2, 0.25) is 17.7 Å². The van der Waals surface area contributed by atoms with E-state index in [0.717, 1.165) is 0 Å². The van der Waals surface area contributed by atoms with Crippen LogP contribution in [-0.4, -0.2) is 68.0 Å². The number of rotatable bonds is 5. The second kappa shape index (κ2) is 14.2. The fraction of sp³-hybridized carbons (Fsp3) is 0.590. The highest BCUT2D eigenvalue weighted by molar-refractivity contribution is 5.94. The minimum atomic E-state index is -3.30. The number of fused-ring (bicyclic) bond motifs is 5. The Bertz CT molecular complexity index is 1820. The van der Waals surface area contributed by atoms with Gasteiger partial charge in [-0.2, -0.15) is 0 Å². The average Bonchev–Trinajstić information content (AvgIpc) is 3.57. The van der Waals surface area contributed by atoms with Crippen LogP contribution in [0.5, 0.6) is 17.5 Å². The number of alkyl halides is 2. The van der Waals surface area contributed by atoms with Crippen LogP contribution in [0.1, 0.15) is 92.6 Å². The maximum Gasteiger partial charge on any atom is 0.408 e. The molecule has 2 fully saturated rings. The molecule has 6 atom stereocenters. The van der Waals surface area contributed by atoms with Crippen LogP contribution in [-0.2, 0) is 20.2 Å². The molecule has 0 unspecified atom stereocenters. The second-order valence-electron chi connectivity index (χ2n) is 16.1. The summed E-state index contributed by atoms with van der Waals surface area (Å²) >= 11 is 0. The number of ether oxygens (including phenoxy) is 3. The number of aromatic nitrogens is 3. The van der Waals surface area contributed by atoms with Gasteiger partial charge in [0.25, 0.3) is 5.92 Å². The summed E-state index contributed by atoms with van der Waals surface area (Å²) in [6.45, 7) is 12.7. The molecule has 3 aromatic rings. The summed E-state index contributed by atoms with van der Waals surface area (Å²) in [5, 5.41) is 3.30. The third-order valence-electron chi connectivity index (χ3n) is 10.7. The SMILES string of the molecule is CC[C@@H]1[C@@H]2CN(C(=O)[C@H](C(C)(C)C)NC(=O)O[C@]3(C)C[C@H]3CCCCC(F)(F)c3cc4ccc(Oc5ccncn5)cc4nc3O2)[C@@H]1C(=O)C(C)C. The Morgan fingerprint density at radius 3 is 2.60 bits per heavy atom. The molecule has 2 amide bonds. The second-order valence-corrected chi connectivity index (χ2v) is 16.1. The van der Waals surface area contributed by atoms with Crippen molar-refractivity contribution >= 4 is 28.7 Å². The van der Waals surface area contributed by atoms with Crippen molar-refractivity contribution in [2.45, 2.75) is 117 Å². The number of nitrogens with zero attached hydrogens (tertiary/aromatic N) is 4. The summed E-state index contributed by atoms with van der Waals surface area (Å²) in [4.78, 5) is 55.9. The van der Waals surface area contributed by atoms with Gasteiger partial charge < -0.3 is 24.4 Å². The fourth-order valence-electron chi connectivity index (χ4n) is 7.58. The summed E-state index contributed by atoms with van der Waals surface area (Å²) < 4.78 is 51.0. The zero-order chi connectivity index (χ0) is 37.6. The lowest BCUT2D eigenvalue weighted by molar-refractivity contribution is -0.143. The number of hydrogen-bond donors (Lipinski definition) is 1. The predicted molar refractivity (Wildman–Crippen MR) is 189 cm³/mol. The standard InChI is InChI=1S/C39H49F2N5O6/c1-8-26-29-20-46(31(26)32(47)22(2)3)35(48)33(37(4,5)6)45-36(49)52-38(7)19-24(38)11-9-10-15-39(40,41)27-17-23-12-13-25(18-28(23)44-34(27)51-29)50-30-14-16-42-21-43-30/h12-14,16-18,21-22,24,26,29,31,33H,8-11,15,19-20H2,1-7H3,(H,45,49)/t24-,26-,29+,31+,33-,38-/m1/s1. The first-order chi connectivity index (χ1) is 24.5. The van der Waals surface area contributed by atoms with Crippen LogP contribution >= 0.6 is 0 Å². The normalized spacial score (nSPS) is 28.1. The van der Waals surface area contributed by atoms with Crippen molar-refractivity contribution in [2.75, 3.05) is 6.54 Å². The molecular weight excluding hydrogens is 672 g/mol. The summed E-state index contributed by atoms with van der Waals surface area (Å²) in [7, 11) is 0. The number of halogens is 2. The number of benzene rings is 1. The average molecular weight is 722 g/mol. The van der Waals surface area contributed by atoms with Gasteiger partial charge in [0, 0.05) is 47.9 Å². The van der Waals surface area contributed by atoms with Crippen molar-refractivity contribution in [1.82, 2.24) is 25.2 Å². The summed E-state index contributed by atoms with van der Waals surface area (Å²) in [6, 6.07) is 6.02. The molecule has 2 bridgehead atoms. The monoisotopic (exact) mass is 721 g/mol. The Hall–Kier alpha value is -4.42. The maximum atomic E-state index is 16.4. The number of pyridine rings is 1. The first kappa shape index (κ1) is 37.3. The quantitative estimate of drug-likeness (QED) is 0.283. The van der Waals surface area contributed by atoms with Gasteiger partial charge in [-0.1, -0.05) is 48.0 Å². The van der Waals surface area contributed by atoms with E-state index in [1.54, 1.807) is 44.3 Å². The Kier molecular flexibility index (Phi) is 10.2. The highest BCUT2D eigenvalue weighted by atomic mass is 19.3. The molecule has 6 rings (SSSR count). The number of carbonyl (C=O) groups excluding carboxylic acids is 3. The summed E-state index contributed by atoms with van der Waals surface area (Å²) in [6.07, 6.45) is 3.28. The van der Waals surface area contributed by atoms with E-state index in [0.29, 0.717) is 48.2 Å². The van der Waals surface area contributed by atoms with Gasteiger partial charge >= 0.3 is 6.09 Å². The van der Waals surface area contributed by atoms with E-state index in [2.05, 4.69) is 20.3 Å². The Labute approximate surface area is 303 Å². The minimum absolute atomic E-state index is 0.0206. The van der Waals surface area contributed by atoms with Crippen LogP contribution in [0, 0.1) is 23.2 Å². The number of hydrogen-bond acceptors (Lipinski definition) is 9. The number of alkyl carbamates (subject to hydrolysis) is 1. The van der Waals surface area contributed by atoms with Crippen molar-refractivity contribution in [2.24, 2.45) is 23.2 Å². The molecule has 2 aromatic heterocycles. The molecule has 0 spiro atoms. The van der Waals surface area contributed by atoms with Crippen LogP contribution in [0.2, 0.25) is 0 Å². The molecule has 1 aliphatic carbocycles. The molecule has 52 heavy (non-hydrogen) atoms. The molecule has 1 aromatic carbocycles. The van der Waals surface area contributed by atoms with Gasteiger partial charge in [-0.3, -0.25) is 9.59 Å². The van der Waals surface area contributed by atoms with Crippen LogP contribution in [0.4, 0.5) is 13.6 Å². The van der Waals surface area contributed by atoms with Gasteiger partial charge in [0.1, 0.15) is 29.8 Å². The molecule has 11 nitrogen and oxygen atoms in total. The number of nitrogens with one attached hydrogen (secondary N) is 1. The van der Waals surface area contributed by atoms with E-state index in [4.69, 9.17) is 14.2 Å². The largest absolute Gasteiger partial charge is 0.472 e. The van der Waals surface area contributed by atoms with Gasteiger partial charge in [-0.25, -0.2) is 28.5 Å². The first-order valence-corrected chi connectivity index (χ1v) is 18.3. The zero-order valence-electron chi connectivity index (χ0n) is 30.9. The van der Waals surface area contributed by atoms with Crippen LogP contribution in [0.25, 0.3) is 10.9 Å². The van der Waals surface area contributed by atoms with Crippen LogP contribution < -0.4 is 14.8 Å². The smallest absolute Gasteiger partial charge is 0.408 e. The van der Waals surface area contributed by atoms with E-state index in [1.807, 2.05) is 34.6 Å². The lowest BCUT2D eigenvalue weighted by Crippen LogP contribution is -2.58. The lowest BCUT2D eigenvalue weighted by Gasteiger charge is -2.36. The molecule has 280 valence electrons. The minimum Gasteiger partial charge on any atom is -0.472 e. The van der Waals surface area contributed by atoms with Gasteiger partial charge in [0.05, 0.1) is 23.7 Å². The molecule has 0 radical (unpaired) electrons. The zero-order valence-corrected chi connectivity index (χ0v) is 30.9. The number of Topliss-reactive ketones (excluding diaryl/α,β-unsaturated/α-hetero) is 1. The molecular formula is C39H49F2N5O6. The van der Waals surface area contributed by atoms with Crippen molar-refractivity contribution < 1.29 is 37.4 Å². The molecule has 2 aliphatic heterocycles. The third-order valence-corrected chi connectivity index (χ3v) is 10.7. The van der Waals surface area contributed by atoms with Gasteiger partial charge in [-0.15, -0.1) is 0 Å². The van der Waals surface area contributed by atoms with Crippen LogP contribution in [0.3, 0.4) is 0 Å². The van der Waals surface area contributed by atoms with E-state index < -0.39 is 65.4 Å². The summed E-state index contributed by atoms with van der Waals surface area (Å²) in [5.41, 5.74) is -1.49. The summed E-state index contributed by atoms with van der Waals surface area (Å²) in [5.74, 6) is -4.45. The fourth-order valence-corrected chi connectivity index (χ4v) is 7.58. The highest BCUT2D eigenvalue weighted by Gasteiger charge is 2.55. The lowest BCUT2D eigenvalue weighted by atomic mass is 9.84. The Morgan fingerprint density at radius 2 is 1.92 bits per heavy atom. The predicted octanol–water partition coefficient (Wildman–Crippen LogP) is 7.61. The van der Waals surface area contributed by atoms with Crippen molar-refractivity contribution in [3.05, 3.63) is 48.4 Å². The van der Waals surface area contributed by atoms with E-state index in [1.165, 1.54) is 17.3 Å². The van der Waals surface area contributed by atoms with Crippen molar-refractivity contribution in [1.29, 1.82) is 0 Å². The van der Waals surface area contributed by atoms with Crippen molar-refractivity contribution in [3.63, 3.8) is 0 Å². The molecule has 3 aliphatic rings. The van der Waals surface area contributed by atoms with E-state index in [9.17, 15) is 14.4 Å². The van der Waals surface area contributed by atoms with Crippen molar-refractivity contribution in [3.8, 4) is 17.5 Å².